The largest absolute Gasteiger partial charge is 0.497 e. The van der Waals surface area contributed by atoms with Gasteiger partial charge in [0.2, 0.25) is 11.8 Å². The van der Waals surface area contributed by atoms with Crippen molar-refractivity contribution >= 4 is 27.5 Å². The standard InChI is InChI=1S/C33H43N3O7S/c1-9-24(4)34-33(38)25(5)35(20-26-11-10-12-28(18-26)41-6)32(37)21-36(27-16-22(2)15-23(3)17-27)44(39,40)29-13-14-30(42-7)31(19-29)43-8/h10-19,24-25H,9,20-21H2,1-8H3,(H,34,38). The number of carbonyl (C=O) groups excluding carboxylic acids is 2. The van der Waals surface area contributed by atoms with Gasteiger partial charge in [0.15, 0.2) is 11.5 Å². The van der Waals surface area contributed by atoms with Crippen molar-refractivity contribution in [3.63, 3.8) is 0 Å². The van der Waals surface area contributed by atoms with Crippen LogP contribution in [0.15, 0.2) is 65.6 Å². The maximum absolute atomic E-state index is 14.3. The summed E-state index contributed by atoms with van der Waals surface area (Å²) in [5.74, 6) is 0.306. The first kappa shape index (κ1) is 34.2. The van der Waals surface area contributed by atoms with Crippen molar-refractivity contribution in [3.8, 4) is 17.2 Å². The van der Waals surface area contributed by atoms with E-state index in [0.29, 0.717) is 23.6 Å². The Balaban J connectivity index is 2.11. The molecule has 0 aliphatic rings. The summed E-state index contributed by atoms with van der Waals surface area (Å²) in [6.07, 6.45) is 0.715. The van der Waals surface area contributed by atoms with Crippen molar-refractivity contribution < 1.29 is 32.2 Å². The molecule has 2 amide bonds. The molecule has 0 spiro atoms. The molecule has 2 unspecified atom stereocenters. The fourth-order valence-electron chi connectivity index (χ4n) is 4.74. The van der Waals surface area contributed by atoms with E-state index in [9.17, 15) is 18.0 Å². The van der Waals surface area contributed by atoms with Crippen LogP contribution in [-0.4, -0.2) is 65.1 Å². The monoisotopic (exact) mass is 625 g/mol. The van der Waals surface area contributed by atoms with E-state index in [1.54, 1.807) is 44.4 Å². The Morgan fingerprint density at radius 1 is 0.864 bits per heavy atom. The van der Waals surface area contributed by atoms with E-state index in [1.807, 2.05) is 39.8 Å². The average Bonchev–Trinajstić information content (AvgIpc) is 3.00. The predicted octanol–water partition coefficient (Wildman–Crippen LogP) is 4.86. The zero-order valence-corrected chi connectivity index (χ0v) is 27.5. The molecule has 238 valence electrons. The number of hydrogen-bond acceptors (Lipinski definition) is 7. The van der Waals surface area contributed by atoms with Gasteiger partial charge < -0.3 is 24.4 Å². The SMILES string of the molecule is CCC(C)NC(=O)C(C)N(Cc1cccc(OC)c1)C(=O)CN(c1cc(C)cc(C)c1)S(=O)(=O)c1ccc(OC)c(OC)c1. The molecule has 0 fully saturated rings. The van der Waals surface area contributed by atoms with Gasteiger partial charge in [0.25, 0.3) is 10.0 Å². The number of aryl methyl sites for hydroxylation is 2. The van der Waals surface area contributed by atoms with Crippen molar-refractivity contribution in [1.82, 2.24) is 10.2 Å². The fraction of sp³-hybridized carbons (Fsp3) is 0.394. The first-order chi connectivity index (χ1) is 20.8. The van der Waals surface area contributed by atoms with Gasteiger partial charge in [-0.1, -0.05) is 25.1 Å². The summed E-state index contributed by atoms with van der Waals surface area (Å²) in [5.41, 5.74) is 2.70. The number of hydrogen-bond donors (Lipinski definition) is 1. The topological polar surface area (TPSA) is 114 Å². The zero-order chi connectivity index (χ0) is 32.6. The molecule has 0 aromatic heterocycles. The number of nitrogens with zero attached hydrogens (tertiary/aromatic N) is 2. The Kier molecular flexibility index (Phi) is 11.6. The Morgan fingerprint density at radius 3 is 2.11 bits per heavy atom. The van der Waals surface area contributed by atoms with Gasteiger partial charge in [-0.25, -0.2) is 8.42 Å². The van der Waals surface area contributed by atoms with E-state index in [0.717, 1.165) is 21.0 Å². The number of benzene rings is 3. The fourth-order valence-corrected chi connectivity index (χ4v) is 6.16. The minimum Gasteiger partial charge on any atom is -0.497 e. The molecule has 0 aliphatic carbocycles. The summed E-state index contributed by atoms with van der Waals surface area (Å²) in [6, 6.07) is 15.8. The van der Waals surface area contributed by atoms with E-state index >= 15 is 0 Å². The van der Waals surface area contributed by atoms with Crippen LogP contribution in [0, 0.1) is 13.8 Å². The van der Waals surface area contributed by atoms with Crippen LogP contribution in [0.1, 0.15) is 43.9 Å². The van der Waals surface area contributed by atoms with Gasteiger partial charge in [0.05, 0.1) is 31.9 Å². The van der Waals surface area contributed by atoms with Crippen LogP contribution in [-0.2, 0) is 26.2 Å². The molecule has 3 rings (SSSR count). The van der Waals surface area contributed by atoms with Crippen LogP contribution in [0.3, 0.4) is 0 Å². The predicted molar refractivity (Wildman–Crippen MR) is 171 cm³/mol. The van der Waals surface area contributed by atoms with E-state index in [-0.39, 0.29) is 29.1 Å². The van der Waals surface area contributed by atoms with Crippen molar-refractivity contribution in [2.45, 2.75) is 64.6 Å². The van der Waals surface area contributed by atoms with E-state index in [1.165, 1.54) is 37.3 Å². The number of amides is 2. The van der Waals surface area contributed by atoms with Crippen LogP contribution >= 0.6 is 0 Å². The molecule has 11 heteroatoms. The van der Waals surface area contributed by atoms with E-state index in [2.05, 4.69) is 5.32 Å². The average molecular weight is 626 g/mol. The smallest absolute Gasteiger partial charge is 0.264 e. The third-order valence-corrected chi connectivity index (χ3v) is 9.14. The van der Waals surface area contributed by atoms with Crippen molar-refractivity contribution in [3.05, 3.63) is 77.4 Å². The van der Waals surface area contributed by atoms with Gasteiger partial charge in [-0.2, -0.15) is 0 Å². The first-order valence-electron chi connectivity index (χ1n) is 14.4. The number of nitrogens with one attached hydrogen (secondary N) is 1. The Labute approximate surface area is 261 Å². The molecule has 0 aliphatic heterocycles. The lowest BCUT2D eigenvalue weighted by molar-refractivity contribution is -0.139. The van der Waals surface area contributed by atoms with Gasteiger partial charge in [0, 0.05) is 18.7 Å². The lowest BCUT2D eigenvalue weighted by Gasteiger charge is -2.32. The van der Waals surface area contributed by atoms with Gasteiger partial charge in [-0.15, -0.1) is 0 Å². The third-order valence-electron chi connectivity index (χ3n) is 7.37. The maximum Gasteiger partial charge on any atom is 0.264 e. The molecule has 3 aromatic rings. The van der Waals surface area contributed by atoms with Crippen molar-refractivity contribution in [2.24, 2.45) is 0 Å². The molecule has 0 heterocycles. The van der Waals surface area contributed by atoms with Gasteiger partial charge >= 0.3 is 0 Å². The number of carbonyl (C=O) groups is 2. The summed E-state index contributed by atoms with van der Waals surface area (Å²) in [4.78, 5) is 28.8. The highest BCUT2D eigenvalue weighted by Crippen LogP contribution is 2.33. The van der Waals surface area contributed by atoms with Crippen LogP contribution in [0.4, 0.5) is 5.69 Å². The van der Waals surface area contributed by atoms with Gasteiger partial charge in [0.1, 0.15) is 18.3 Å². The molecule has 1 N–H and O–H groups in total. The Bertz CT molecular complexity index is 1560. The summed E-state index contributed by atoms with van der Waals surface area (Å²) in [7, 11) is 0.129. The van der Waals surface area contributed by atoms with Crippen LogP contribution in [0.25, 0.3) is 0 Å². The maximum atomic E-state index is 14.3. The summed E-state index contributed by atoms with van der Waals surface area (Å²) in [5, 5.41) is 2.94. The number of anilines is 1. The Hall–Kier alpha value is -4.25. The van der Waals surface area contributed by atoms with Crippen LogP contribution in [0.2, 0.25) is 0 Å². The number of ether oxygens (including phenoxy) is 3. The molecule has 3 aromatic carbocycles. The molecule has 0 saturated carbocycles. The molecule has 0 bridgehead atoms. The summed E-state index contributed by atoms with van der Waals surface area (Å²) in [6.45, 7) is 8.70. The number of methoxy groups -OCH3 is 3. The van der Waals surface area contributed by atoms with Gasteiger partial charge in [-0.05, 0) is 87.2 Å². The minimum absolute atomic E-state index is 0.0578. The highest BCUT2D eigenvalue weighted by molar-refractivity contribution is 7.92. The van der Waals surface area contributed by atoms with Crippen LogP contribution in [0.5, 0.6) is 17.2 Å². The van der Waals surface area contributed by atoms with E-state index < -0.39 is 28.5 Å². The normalized spacial score (nSPS) is 12.5. The van der Waals surface area contributed by atoms with E-state index in [4.69, 9.17) is 14.2 Å². The molecule has 10 nitrogen and oxygen atoms in total. The van der Waals surface area contributed by atoms with Crippen LogP contribution < -0.4 is 23.8 Å². The molecular weight excluding hydrogens is 582 g/mol. The van der Waals surface area contributed by atoms with Gasteiger partial charge in [-0.3, -0.25) is 13.9 Å². The second-order valence-electron chi connectivity index (χ2n) is 10.7. The number of rotatable bonds is 14. The third kappa shape index (κ3) is 8.22. The lowest BCUT2D eigenvalue weighted by Crippen LogP contribution is -2.52. The second kappa shape index (κ2) is 15.0. The number of sulfonamides is 1. The molecule has 0 saturated heterocycles. The van der Waals surface area contributed by atoms with Crippen molar-refractivity contribution in [2.75, 3.05) is 32.2 Å². The van der Waals surface area contributed by atoms with Crippen molar-refractivity contribution in [1.29, 1.82) is 0 Å². The minimum atomic E-state index is -4.30. The quantitative estimate of drug-likeness (QED) is 0.272. The molecular formula is C33H43N3O7S. The summed E-state index contributed by atoms with van der Waals surface area (Å²) >= 11 is 0. The highest BCUT2D eigenvalue weighted by Gasteiger charge is 2.33. The molecule has 44 heavy (non-hydrogen) atoms. The second-order valence-corrected chi connectivity index (χ2v) is 12.6. The molecule has 0 radical (unpaired) electrons. The Morgan fingerprint density at radius 2 is 1.52 bits per heavy atom. The first-order valence-corrected chi connectivity index (χ1v) is 15.8. The highest BCUT2D eigenvalue weighted by atomic mass is 32.2. The zero-order valence-electron chi connectivity index (χ0n) is 26.7. The summed E-state index contributed by atoms with van der Waals surface area (Å²) < 4.78 is 45.6. The lowest BCUT2D eigenvalue weighted by atomic mass is 10.1. The molecule has 2 atom stereocenters.